The van der Waals surface area contributed by atoms with E-state index in [0.29, 0.717) is 31.7 Å². The van der Waals surface area contributed by atoms with E-state index in [-0.39, 0.29) is 12.5 Å². The van der Waals surface area contributed by atoms with Gasteiger partial charge in [-0.2, -0.15) is 0 Å². The van der Waals surface area contributed by atoms with Crippen molar-refractivity contribution in [3.05, 3.63) is 0 Å². The van der Waals surface area contributed by atoms with Gasteiger partial charge in [-0.15, -0.1) is 0 Å². The van der Waals surface area contributed by atoms with E-state index in [1.54, 1.807) is 4.90 Å². The van der Waals surface area contributed by atoms with Crippen LogP contribution >= 0.6 is 0 Å². The van der Waals surface area contributed by atoms with Gasteiger partial charge in [-0.1, -0.05) is 104 Å². The van der Waals surface area contributed by atoms with Gasteiger partial charge in [0.2, 0.25) is 0 Å². The lowest BCUT2D eigenvalue weighted by atomic mass is 9.84. The van der Waals surface area contributed by atoms with Crippen LogP contribution in [-0.2, 0) is 14.3 Å². The van der Waals surface area contributed by atoms with Gasteiger partial charge in [0.1, 0.15) is 6.61 Å². The van der Waals surface area contributed by atoms with Crippen LogP contribution in [0.15, 0.2) is 0 Å². The Balaban J connectivity index is 4.66. The highest BCUT2D eigenvalue weighted by Crippen LogP contribution is 2.27. The lowest BCUT2D eigenvalue weighted by Crippen LogP contribution is -2.34. The molecular weight excluding hydrogens is 430 g/mol. The molecule has 0 aromatic rings. The lowest BCUT2D eigenvalue weighted by molar-refractivity contribution is -0.142. The molecule has 1 unspecified atom stereocenters. The van der Waals surface area contributed by atoms with Crippen molar-refractivity contribution < 1.29 is 24.2 Å². The Bertz CT molecular complexity index is 501. The number of hydrogen-bond donors (Lipinski definition) is 1. The second kappa shape index (κ2) is 23.2. The zero-order valence-corrected chi connectivity index (χ0v) is 22.4. The van der Waals surface area contributed by atoms with E-state index in [0.717, 1.165) is 51.4 Å². The zero-order valence-electron chi connectivity index (χ0n) is 22.4. The Kier molecular flexibility index (Phi) is 22.1. The molecule has 0 radical (unpaired) electrons. The van der Waals surface area contributed by atoms with Crippen molar-refractivity contribution in [1.29, 1.82) is 0 Å². The Labute approximate surface area is 209 Å². The minimum Gasteiger partial charge on any atom is -0.481 e. The van der Waals surface area contributed by atoms with Gasteiger partial charge in [-0.25, -0.2) is 4.79 Å². The third-order valence-electron chi connectivity index (χ3n) is 6.69. The molecular formula is C28H53NO5. The average molecular weight is 484 g/mol. The highest BCUT2D eigenvalue weighted by atomic mass is 16.6. The van der Waals surface area contributed by atoms with Crippen LogP contribution in [0.25, 0.3) is 0 Å². The average Bonchev–Trinajstić information content (AvgIpc) is 2.82. The number of carboxylic acid groups (broad SMARTS) is 1. The van der Waals surface area contributed by atoms with Crippen LogP contribution in [-0.4, -0.2) is 48.1 Å². The molecule has 0 aromatic carbocycles. The predicted octanol–water partition coefficient (Wildman–Crippen LogP) is 7.63. The van der Waals surface area contributed by atoms with Gasteiger partial charge in [-0.05, 0) is 31.6 Å². The molecule has 6 heteroatoms. The Hall–Kier alpha value is -1.59. The van der Waals surface area contributed by atoms with Gasteiger partial charge in [0, 0.05) is 13.1 Å². The fourth-order valence-electron chi connectivity index (χ4n) is 4.58. The zero-order chi connectivity index (χ0) is 25.4. The molecule has 0 fully saturated rings. The smallest absolute Gasteiger partial charge is 0.410 e. The molecule has 0 bridgehead atoms. The first-order chi connectivity index (χ1) is 16.5. The van der Waals surface area contributed by atoms with Gasteiger partial charge in [0.25, 0.3) is 0 Å². The van der Waals surface area contributed by atoms with Crippen molar-refractivity contribution in [2.45, 2.75) is 130 Å². The summed E-state index contributed by atoms with van der Waals surface area (Å²) in [6, 6.07) is 0. The first kappa shape index (κ1) is 32.4. The number of amides is 1. The molecule has 0 aliphatic rings. The number of aliphatic carboxylic acids is 1. The van der Waals surface area contributed by atoms with Crippen LogP contribution in [0.3, 0.4) is 0 Å². The van der Waals surface area contributed by atoms with Crippen molar-refractivity contribution in [1.82, 2.24) is 4.90 Å². The maximum atomic E-state index is 12.3. The molecule has 0 spiro atoms. The maximum Gasteiger partial charge on any atom is 0.410 e. The fourth-order valence-corrected chi connectivity index (χ4v) is 4.58. The third-order valence-corrected chi connectivity index (χ3v) is 6.69. The summed E-state index contributed by atoms with van der Waals surface area (Å²) >= 11 is 0. The van der Waals surface area contributed by atoms with Gasteiger partial charge >= 0.3 is 12.1 Å². The van der Waals surface area contributed by atoms with E-state index < -0.39 is 12.1 Å². The highest BCUT2D eigenvalue weighted by molar-refractivity contribution is 5.70. The molecule has 1 N–H and O–H groups in total. The number of hydrogen-bond acceptors (Lipinski definition) is 4. The Morgan fingerprint density at radius 3 is 1.79 bits per heavy atom. The third kappa shape index (κ3) is 17.8. The van der Waals surface area contributed by atoms with Crippen LogP contribution < -0.4 is 0 Å². The molecule has 0 saturated heterocycles. The number of aldehydes is 1. The number of unbranched alkanes of at least 4 members (excludes halogenated alkanes) is 9. The van der Waals surface area contributed by atoms with Crippen LogP contribution in [0, 0.1) is 11.8 Å². The fraction of sp³-hybridized carbons (Fsp3) is 0.893. The molecule has 1 amide bonds. The molecule has 0 aromatic heterocycles. The SMILES string of the molecule is CCCCCCCN(CCCCC(CC(CCCCC)CCCCC)C(=O)O)C(=O)OCC=O. The normalized spacial score (nSPS) is 12.0. The van der Waals surface area contributed by atoms with Crippen LogP contribution in [0.5, 0.6) is 0 Å². The van der Waals surface area contributed by atoms with E-state index in [1.807, 2.05) is 0 Å². The van der Waals surface area contributed by atoms with Gasteiger partial charge in [-0.3, -0.25) is 9.59 Å². The first-order valence-corrected chi connectivity index (χ1v) is 14.1. The highest BCUT2D eigenvalue weighted by Gasteiger charge is 2.22. The van der Waals surface area contributed by atoms with E-state index in [9.17, 15) is 19.5 Å². The topological polar surface area (TPSA) is 83.9 Å². The summed E-state index contributed by atoms with van der Waals surface area (Å²) in [7, 11) is 0. The van der Waals surface area contributed by atoms with Crippen molar-refractivity contribution in [2.24, 2.45) is 11.8 Å². The van der Waals surface area contributed by atoms with Gasteiger partial charge in [0.05, 0.1) is 5.92 Å². The summed E-state index contributed by atoms with van der Waals surface area (Å²) in [4.78, 5) is 36.5. The van der Waals surface area contributed by atoms with Crippen LogP contribution in [0.1, 0.15) is 130 Å². The van der Waals surface area contributed by atoms with E-state index in [4.69, 9.17) is 4.74 Å². The maximum absolute atomic E-state index is 12.3. The van der Waals surface area contributed by atoms with Crippen LogP contribution in [0.4, 0.5) is 4.79 Å². The van der Waals surface area contributed by atoms with E-state index in [1.165, 1.54) is 51.4 Å². The minimum atomic E-state index is -0.686. The number of rotatable bonds is 24. The van der Waals surface area contributed by atoms with Gasteiger partial charge in [0.15, 0.2) is 6.29 Å². The predicted molar refractivity (Wildman–Crippen MR) is 139 cm³/mol. The second-order valence-corrected chi connectivity index (χ2v) is 9.77. The largest absolute Gasteiger partial charge is 0.481 e. The molecule has 1 atom stereocenters. The molecule has 0 aliphatic heterocycles. The quantitative estimate of drug-likeness (QED) is 0.113. The Morgan fingerprint density at radius 2 is 1.26 bits per heavy atom. The van der Waals surface area contributed by atoms with Crippen molar-refractivity contribution in [2.75, 3.05) is 19.7 Å². The molecule has 200 valence electrons. The van der Waals surface area contributed by atoms with Crippen molar-refractivity contribution in [3.63, 3.8) is 0 Å². The summed E-state index contributed by atoms with van der Waals surface area (Å²) in [5.74, 6) is -0.496. The number of carbonyl (C=O) groups excluding carboxylic acids is 2. The van der Waals surface area contributed by atoms with E-state index in [2.05, 4.69) is 20.8 Å². The summed E-state index contributed by atoms with van der Waals surface area (Å²) in [5.41, 5.74) is 0. The van der Waals surface area contributed by atoms with Crippen LogP contribution in [0.2, 0.25) is 0 Å². The second-order valence-electron chi connectivity index (χ2n) is 9.77. The standard InChI is InChI=1S/C28H53NO5/c1-4-7-10-11-15-20-29(28(33)34-23-22-30)21-16-14-19-26(27(31)32)24-25(17-12-8-5-2)18-13-9-6-3/h22,25-26H,4-21,23-24H2,1-3H3,(H,31,32). The summed E-state index contributed by atoms with van der Waals surface area (Å²) in [5, 5.41) is 9.83. The summed E-state index contributed by atoms with van der Waals surface area (Å²) < 4.78 is 5.02. The molecule has 34 heavy (non-hydrogen) atoms. The Morgan fingerprint density at radius 1 is 0.765 bits per heavy atom. The minimum absolute atomic E-state index is 0.219. The van der Waals surface area contributed by atoms with E-state index >= 15 is 0 Å². The number of carboxylic acids is 1. The molecule has 0 heterocycles. The molecule has 0 rings (SSSR count). The van der Waals surface area contributed by atoms with Crippen molar-refractivity contribution >= 4 is 18.3 Å². The molecule has 6 nitrogen and oxygen atoms in total. The van der Waals surface area contributed by atoms with Crippen molar-refractivity contribution in [3.8, 4) is 0 Å². The molecule has 0 saturated carbocycles. The monoisotopic (exact) mass is 483 g/mol. The molecule has 0 aliphatic carbocycles. The first-order valence-electron chi connectivity index (χ1n) is 14.1. The number of nitrogens with zero attached hydrogens (tertiary/aromatic N) is 1. The van der Waals surface area contributed by atoms with Gasteiger partial charge < -0.3 is 14.7 Å². The summed E-state index contributed by atoms with van der Waals surface area (Å²) in [6.45, 7) is 7.54. The summed E-state index contributed by atoms with van der Waals surface area (Å²) in [6.07, 6.45) is 18.1. The lowest BCUT2D eigenvalue weighted by Gasteiger charge is -2.23. The number of carbonyl (C=O) groups is 3. The number of ether oxygens (including phenoxy) is 1.